The third-order valence-corrected chi connectivity index (χ3v) is 0.993. The lowest BCUT2D eigenvalue weighted by molar-refractivity contribution is -0.0649. The molecule has 48 valence electrons. The van der Waals surface area contributed by atoms with Crippen molar-refractivity contribution in [1.82, 2.24) is 5.32 Å². The SMILES string of the molecule is CCNC1OCCO1. The van der Waals surface area contributed by atoms with Gasteiger partial charge in [0.2, 0.25) is 6.41 Å². The average Bonchev–Trinajstić information content (AvgIpc) is 2.19. The minimum absolute atomic E-state index is 0.139. The van der Waals surface area contributed by atoms with Crippen LogP contribution >= 0.6 is 0 Å². The fraction of sp³-hybridized carbons (Fsp3) is 1.00. The molecule has 1 aliphatic rings. The third kappa shape index (κ3) is 1.43. The molecule has 0 aromatic heterocycles. The Kier molecular flexibility index (Phi) is 2.27. The van der Waals surface area contributed by atoms with E-state index in [0.29, 0.717) is 0 Å². The molecule has 0 radical (unpaired) electrons. The van der Waals surface area contributed by atoms with E-state index in [0.717, 1.165) is 19.8 Å². The van der Waals surface area contributed by atoms with Crippen molar-refractivity contribution in [1.29, 1.82) is 0 Å². The molecule has 3 heteroatoms. The van der Waals surface area contributed by atoms with Crippen LogP contribution in [-0.4, -0.2) is 26.2 Å². The Bertz CT molecular complexity index is 61.4. The van der Waals surface area contributed by atoms with Gasteiger partial charge < -0.3 is 9.47 Å². The molecule has 0 unspecified atom stereocenters. The molecule has 0 aliphatic carbocycles. The fourth-order valence-electron chi connectivity index (χ4n) is 0.643. The normalized spacial score (nSPS) is 22.1. The molecule has 0 spiro atoms. The van der Waals surface area contributed by atoms with E-state index in [-0.39, 0.29) is 6.41 Å². The van der Waals surface area contributed by atoms with Gasteiger partial charge in [-0.15, -0.1) is 0 Å². The summed E-state index contributed by atoms with van der Waals surface area (Å²) >= 11 is 0. The van der Waals surface area contributed by atoms with Crippen LogP contribution in [-0.2, 0) is 9.47 Å². The van der Waals surface area contributed by atoms with Crippen LogP contribution in [0.5, 0.6) is 0 Å². The number of hydrogen-bond donors (Lipinski definition) is 1. The van der Waals surface area contributed by atoms with Gasteiger partial charge in [-0.3, -0.25) is 5.32 Å². The Balaban J connectivity index is 2.06. The molecule has 1 N–H and O–H groups in total. The second-order valence-electron chi connectivity index (χ2n) is 1.63. The monoisotopic (exact) mass is 117 g/mol. The Morgan fingerprint density at radius 3 is 2.62 bits per heavy atom. The molecule has 0 bridgehead atoms. The highest BCUT2D eigenvalue weighted by molar-refractivity contribution is 4.46. The van der Waals surface area contributed by atoms with Gasteiger partial charge in [-0.2, -0.15) is 0 Å². The molecule has 1 aliphatic heterocycles. The third-order valence-electron chi connectivity index (χ3n) is 0.993. The van der Waals surface area contributed by atoms with Gasteiger partial charge >= 0.3 is 0 Å². The molecule has 0 aromatic rings. The highest BCUT2D eigenvalue weighted by atomic mass is 16.7. The lowest BCUT2D eigenvalue weighted by Crippen LogP contribution is -2.28. The zero-order valence-electron chi connectivity index (χ0n) is 5.02. The molecule has 3 nitrogen and oxygen atoms in total. The summed E-state index contributed by atoms with van der Waals surface area (Å²) in [5, 5.41) is 3.00. The summed E-state index contributed by atoms with van der Waals surface area (Å²) in [6.45, 7) is 4.35. The molecule has 0 saturated carbocycles. The van der Waals surface area contributed by atoms with E-state index in [1.165, 1.54) is 0 Å². The molecule has 1 rings (SSSR count). The first-order chi connectivity index (χ1) is 3.93. The zero-order chi connectivity index (χ0) is 5.82. The summed E-state index contributed by atoms with van der Waals surface area (Å²) in [6.07, 6.45) is -0.139. The van der Waals surface area contributed by atoms with E-state index in [4.69, 9.17) is 9.47 Å². The van der Waals surface area contributed by atoms with E-state index in [1.54, 1.807) is 0 Å². The van der Waals surface area contributed by atoms with Crippen molar-refractivity contribution in [2.24, 2.45) is 0 Å². The van der Waals surface area contributed by atoms with Gasteiger partial charge in [0.15, 0.2) is 0 Å². The van der Waals surface area contributed by atoms with Crippen LogP contribution in [0, 0.1) is 0 Å². The van der Waals surface area contributed by atoms with Crippen molar-refractivity contribution in [3.05, 3.63) is 0 Å². The van der Waals surface area contributed by atoms with Crippen LogP contribution in [0.1, 0.15) is 6.92 Å². The van der Waals surface area contributed by atoms with Gasteiger partial charge in [0, 0.05) is 0 Å². The first-order valence-electron chi connectivity index (χ1n) is 2.90. The first-order valence-corrected chi connectivity index (χ1v) is 2.90. The maximum absolute atomic E-state index is 5.06. The zero-order valence-corrected chi connectivity index (χ0v) is 5.02. The molecule has 8 heavy (non-hydrogen) atoms. The molecule has 1 fully saturated rings. The smallest absolute Gasteiger partial charge is 0.216 e. The van der Waals surface area contributed by atoms with Crippen molar-refractivity contribution >= 4 is 0 Å². The maximum Gasteiger partial charge on any atom is 0.216 e. The minimum Gasteiger partial charge on any atom is -0.337 e. The number of hydrogen-bond acceptors (Lipinski definition) is 3. The van der Waals surface area contributed by atoms with Crippen molar-refractivity contribution in [2.75, 3.05) is 19.8 Å². The number of ether oxygens (including phenoxy) is 2. The Labute approximate surface area is 49.0 Å². The molecular weight excluding hydrogens is 106 g/mol. The summed E-state index contributed by atoms with van der Waals surface area (Å²) < 4.78 is 10.1. The van der Waals surface area contributed by atoms with Crippen LogP contribution in [0.2, 0.25) is 0 Å². The average molecular weight is 117 g/mol. The predicted molar refractivity (Wildman–Crippen MR) is 29.4 cm³/mol. The highest BCUT2D eigenvalue weighted by Gasteiger charge is 2.12. The Morgan fingerprint density at radius 2 is 2.12 bits per heavy atom. The van der Waals surface area contributed by atoms with Gasteiger partial charge in [-0.25, -0.2) is 0 Å². The largest absolute Gasteiger partial charge is 0.337 e. The van der Waals surface area contributed by atoms with Crippen molar-refractivity contribution in [3.63, 3.8) is 0 Å². The quantitative estimate of drug-likeness (QED) is 0.549. The lowest BCUT2D eigenvalue weighted by Gasteiger charge is -2.06. The van der Waals surface area contributed by atoms with Gasteiger partial charge in [0.05, 0.1) is 13.2 Å². The molecule has 1 saturated heterocycles. The minimum atomic E-state index is -0.139. The van der Waals surface area contributed by atoms with Gasteiger partial charge in [0.25, 0.3) is 0 Å². The molecule has 0 atom stereocenters. The van der Waals surface area contributed by atoms with Gasteiger partial charge in [-0.1, -0.05) is 6.92 Å². The molecular formula is C5H11NO2. The second-order valence-corrected chi connectivity index (χ2v) is 1.63. The number of rotatable bonds is 2. The summed E-state index contributed by atoms with van der Waals surface area (Å²) in [6, 6.07) is 0. The van der Waals surface area contributed by atoms with Crippen LogP contribution in [0.15, 0.2) is 0 Å². The van der Waals surface area contributed by atoms with Crippen LogP contribution < -0.4 is 5.32 Å². The van der Waals surface area contributed by atoms with Crippen LogP contribution in [0.3, 0.4) is 0 Å². The van der Waals surface area contributed by atoms with E-state index in [2.05, 4.69) is 5.32 Å². The van der Waals surface area contributed by atoms with E-state index >= 15 is 0 Å². The van der Waals surface area contributed by atoms with Crippen molar-refractivity contribution in [3.8, 4) is 0 Å². The van der Waals surface area contributed by atoms with Gasteiger partial charge in [0.1, 0.15) is 0 Å². The van der Waals surface area contributed by atoms with Crippen molar-refractivity contribution in [2.45, 2.75) is 13.3 Å². The molecule has 0 amide bonds. The highest BCUT2D eigenvalue weighted by Crippen LogP contribution is 1.97. The summed E-state index contributed by atoms with van der Waals surface area (Å²) in [5.74, 6) is 0. The topological polar surface area (TPSA) is 30.5 Å². The molecule has 0 aromatic carbocycles. The Morgan fingerprint density at radius 1 is 1.50 bits per heavy atom. The first kappa shape index (κ1) is 6.01. The Hall–Kier alpha value is -0.120. The second kappa shape index (κ2) is 3.02. The van der Waals surface area contributed by atoms with Crippen molar-refractivity contribution < 1.29 is 9.47 Å². The van der Waals surface area contributed by atoms with E-state index < -0.39 is 0 Å². The summed E-state index contributed by atoms with van der Waals surface area (Å²) in [4.78, 5) is 0. The predicted octanol–water partition coefficient (Wildman–Crippen LogP) is -0.0737. The van der Waals surface area contributed by atoms with Crippen LogP contribution in [0.25, 0.3) is 0 Å². The van der Waals surface area contributed by atoms with E-state index in [1.807, 2.05) is 6.92 Å². The standard InChI is InChI=1S/C5H11NO2/c1-2-6-5-7-3-4-8-5/h5-6H,2-4H2,1H3. The van der Waals surface area contributed by atoms with E-state index in [9.17, 15) is 0 Å². The van der Waals surface area contributed by atoms with Gasteiger partial charge in [-0.05, 0) is 6.54 Å². The summed E-state index contributed by atoms with van der Waals surface area (Å²) in [5.41, 5.74) is 0. The lowest BCUT2D eigenvalue weighted by atomic mass is 10.7. The molecule has 1 heterocycles. The maximum atomic E-state index is 5.06. The van der Waals surface area contributed by atoms with Crippen LogP contribution in [0.4, 0.5) is 0 Å². The fourth-order valence-corrected chi connectivity index (χ4v) is 0.643. The number of nitrogens with one attached hydrogen (secondary N) is 1. The summed E-state index contributed by atoms with van der Waals surface area (Å²) in [7, 11) is 0.